The van der Waals surface area contributed by atoms with Crippen molar-refractivity contribution in [2.24, 2.45) is 5.92 Å². The Bertz CT molecular complexity index is 3910. The Morgan fingerprint density at radius 3 is 2.12 bits per heavy atom. The maximum atomic E-state index is 14.1. The van der Waals surface area contributed by atoms with Crippen molar-refractivity contribution >= 4 is 44.4 Å². The van der Waals surface area contributed by atoms with E-state index >= 15 is 0 Å². The average Bonchev–Trinajstić information content (AvgIpc) is 4.07. The van der Waals surface area contributed by atoms with Gasteiger partial charge in [0.05, 0.1) is 0 Å². The fourth-order valence-corrected chi connectivity index (χ4v) is 13.4. The molecule has 8 heteroatoms. The van der Waals surface area contributed by atoms with Gasteiger partial charge in [-0.05, 0) is 41.4 Å². The summed E-state index contributed by atoms with van der Waals surface area (Å²) >= 11 is 2.46. The predicted octanol–water partition coefficient (Wildman–Crippen LogP) is 15.3. The zero-order valence-electron chi connectivity index (χ0n) is 41.2. The summed E-state index contributed by atoms with van der Waals surface area (Å²) < 4.78 is 14.6. The summed E-state index contributed by atoms with van der Waals surface area (Å²) in [5.41, 5.74) is 14.7. The summed E-state index contributed by atoms with van der Waals surface area (Å²) in [5, 5.41) is 2.32. The van der Waals surface area contributed by atoms with Crippen molar-refractivity contribution in [3.63, 3.8) is 0 Å². The van der Waals surface area contributed by atoms with Crippen LogP contribution in [0, 0.1) is 21.9 Å². The molecule has 0 radical (unpaired) electrons. The second-order valence-corrected chi connectivity index (χ2v) is 22.4. The van der Waals surface area contributed by atoms with Gasteiger partial charge in [0, 0.05) is 6.20 Å². The van der Waals surface area contributed by atoms with Gasteiger partial charge in [-0.3, -0.25) is 0 Å². The van der Waals surface area contributed by atoms with Crippen molar-refractivity contribution in [1.29, 1.82) is 0 Å². The van der Waals surface area contributed by atoms with E-state index in [1.54, 1.807) is 0 Å². The summed E-state index contributed by atoms with van der Waals surface area (Å²) in [5.74, 6) is 2.50. The van der Waals surface area contributed by atoms with Crippen molar-refractivity contribution < 1.29 is 33.7 Å². The first-order valence-corrected chi connectivity index (χ1v) is 26.9. The predicted molar refractivity (Wildman–Crippen MR) is 287 cm³/mol. The van der Waals surface area contributed by atoms with Gasteiger partial charge in [0.2, 0.25) is 0 Å². The molecule has 13 rings (SSSR count). The second kappa shape index (κ2) is 18.1. The first-order chi connectivity index (χ1) is 35.6. The van der Waals surface area contributed by atoms with Crippen LogP contribution >= 0.6 is 0 Å². The van der Waals surface area contributed by atoms with Crippen LogP contribution in [0.4, 0.5) is 0 Å². The van der Waals surface area contributed by atoms with Gasteiger partial charge in [-0.2, -0.15) is 0 Å². The van der Waals surface area contributed by atoms with Crippen molar-refractivity contribution in [3.8, 4) is 50.9 Å². The van der Waals surface area contributed by atoms with Crippen LogP contribution in [-0.4, -0.2) is 30.3 Å². The minimum atomic E-state index is -0.274. The van der Waals surface area contributed by atoms with Gasteiger partial charge in [-0.25, -0.2) is 0 Å². The second-order valence-electron chi connectivity index (χ2n) is 21.3. The van der Waals surface area contributed by atoms with Crippen LogP contribution in [0.25, 0.3) is 72.3 Å². The number of carbonyl (C=O) groups excluding carboxylic acids is 2. The van der Waals surface area contributed by atoms with Crippen molar-refractivity contribution in [3.05, 3.63) is 196 Å². The molecule has 0 N–H and O–H groups in total. The van der Waals surface area contributed by atoms with Gasteiger partial charge in [-0.15, -0.1) is 0 Å². The van der Waals surface area contributed by atoms with E-state index in [0.717, 1.165) is 81.8 Å². The zero-order valence-corrected chi connectivity index (χ0v) is 43.5. The number of imidazole rings is 1. The van der Waals surface area contributed by atoms with E-state index in [2.05, 4.69) is 187 Å². The molecule has 2 unspecified atom stereocenters. The van der Waals surface area contributed by atoms with E-state index < -0.39 is 0 Å². The van der Waals surface area contributed by atoms with Crippen LogP contribution in [0.3, 0.4) is 0 Å². The van der Waals surface area contributed by atoms with E-state index in [1.807, 2.05) is 36.5 Å². The van der Waals surface area contributed by atoms with E-state index in [1.165, 1.54) is 48.6 Å². The fraction of sp³-hybridized carbons (Fsp3) is 0.231. The molecule has 7 aromatic carbocycles. The van der Waals surface area contributed by atoms with Crippen LogP contribution in [0.1, 0.15) is 99.8 Å². The molecular weight excluding hydrogens is 1080 g/mol. The molecule has 10 aromatic rings. The molecular formula is C65H54N4O3Pt-2. The van der Waals surface area contributed by atoms with Crippen LogP contribution < -0.4 is 4.74 Å². The van der Waals surface area contributed by atoms with E-state index in [0.29, 0.717) is 30.3 Å². The Morgan fingerprint density at radius 1 is 0.644 bits per heavy atom. The molecule has 0 saturated heterocycles. The summed E-state index contributed by atoms with van der Waals surface area (Å²) in [6.45, 7) is 6.72. The first kappa shape index (κ1) is 45.6. The van der Waals surface area contributed by atoms with Gasteiger partial charge in [0.15, 0.2) is 0 Å². The number of ether oxygens (including phenoxy) is 1. The number of rotatable bonds is 8. The quantitative estimate of drug-likeness (QED) is 0.142. The SMILES string of the molecule is CC(C)(C)c1ccnc(-n2c3[c-]c(Oc4[c-]c(-n5[c](=[Pt])n(-c6c(-c7ccccc7)cc7c(c6-c6ccccc6)CC(=O)C6CC(=O)CC76)c6ccccc65)ccc4)ccc3c3cc(C4CCCCC4)ccc32)c1. The van der Waals surface area contributed by atoms with Crippen LogP contribution in [0.15, 0.2) is 158 Å². The van der Waals surface area contributed by atoms with Crippen molar-refractivity contribution in [2.45, 2.75) is 89.4 Å². The number of aromatic nitrogens is 4. The molecule has 0 aliphatic heterocycles. The third-order valence-electron chi connectivity index (χ3n) is 15.9. The number of Topliss-reactive ketones (excluding diaryl/α,β-unsaturated/α-hetero) is 2. The van der Waals surface area contributed by atoms with Gasteiger partial charge >= 0.3 is 345 Å². The number of benzene rings is 7. The van der Waals surface area contributed by atoms with Crippen molar-refractivity contribution in [1.82, 2.24) is 18.7 Å². The summed E-state index contributed by atoms with van der Waals surface area (Å²) in [4.78, 5) is 32.2. The van der Waals surface area contributed by atoms with Gasteiger partial charge in [0.25, 0.3) is 0 Å². The third kappa shape index (κ3) is 7.90. The molecule has 3 aliphatic rings. The monoisotopic (exact) mass is 1130 g/mol. The molecule has 2 fully saturated rings. The first-order valence-electron chi connectivity index (χ1n) is 25.8. The van der Waals surface area contributed by atoms with Gasteiger partial charge in [0.1, 0.15) is 0 Å². The molecule has 3 heterocycles. The summed E-state index contributed by atoms with van der Waals surface area (Å²) in [6, 6.07) is 60.8. The number of para-hydroxylation sites is 2. The Labute approximate surface area is 436 Å². The van der Waals surface area contributed by atoms with Crippen LogP contribution in [0.5, 0.6) is 11.5 Å². The Morgan fingerprint density at radius 2 is 1.36 bits per heavy atom. The van der Waals surface area contributed by atoms with Crippen LogP contribution in [-0.2, 0) is 40.8 Å². The summed E-state index contributed by atoms with van der Waals surface area (Å²) in [7, 11) is 0. The number of fused-ring (bicyclic) bond motifs is 7. The molecule has 2 saturated carbocycles. The van der Waals surface area contributed by atoms with E-state index in [-0.39, 0.29) is 35.2 Å². The summed E-state index contributed by atoms with van der Waals surface area (Å²) in [6.07, 6.45) is 9.29. The zero-order chi connectivity index (χ0) is 49.5. The number of carbonyl (C=O) groups is 2. The standard InChI is InChI=1S/C65H54N4O3.Pt/c1-65(2,3)45-30-31-66-62(33-45)69-57-29-26-44(41-16-7-4-8-17-41)32-54(57)50-28-27-49(37-60(50)69)72-48-23-15-22-46(34-48)67-40-68(59-25-14-13-24-58(59)67)64-51(42-18-9-5-10-19-42)38-53-52-35-47(70)36-55(52)61(71)39-56(53)63(64)43-20-11-6-12-21-43;/h5-6,9-15,18-33,38,41,52,55H,4,7-8,16-17,35-36,39H2,1-3H3;/q-2;. The topological polar surface area (TPSA) is 71.0 Å². The van der Waals surface area contributed by atoms with Crippen LogP contribution in [0.2, 0.25) is 0 Å². The van der Waals surface area contributed by atoms with E-state index in [4.69, 9.17) is 9.72 Å². The number of hydrogen-bond acceptors (Lipinski definition) is 4. The molecule has 3 aromatic heterocycles. The van der Waals surface area contributed by atoms with Gasteiger partial charge < -0.3 is 0 Å². The molecule has 2 atom stereocenters. The molecule has 3 aliphatic carbocycles. The van der Waals surface area contributed by atoms with E-state index in [9.17, 15) is 9.59 Å². The van der Waals surface area contributed by atoms with Crippen molar-refractivity contribution in [2.75, 3.05) is 0 Å². The number of ketones is 2. The molecule has 7 nitrogen and oxygen atoms in total. The maximum absolute atomic E-state index is 14.1. The number of pyridine rings is 1. The number of nitrogens with zero attached hydrogens (tertiary/aromatic N) is 4. The fourth-order valence-electron chi connectivity index (χ4n) is 12.3. The minimum absolute atomic E-state index is 0.0527. The molecule has 0 amide bonds. The Kier molecular flexibility index (Phi) is 11.3. The average molecular weight is 1130 g/mol. The molecule has 73 heavy (non-hydrogen) atoms. The molecule has 364 valence electrons. The third-order valence-corrected chi connectivity index (χ3v) is 16.9. The Balaban J connectivity index is 0.963. The van der Waals surface area contributed by atoms with Gasteiger partial charge in [-0.1, -0.05) is 46.1 Å². The molecule has 0 spiro atoms. The molecule has 0 bridgehead atoms. The Hall–Kier alpha value is -7.21. The number of hydrogen-bond donors (Lipinski definition) is 0. The normalized spacial score (nSPS) is 17.2.